The van der Waals surface area contributed by atoms with Crippen LogP contribution in [0.1, 0.15) is 50.3 Å². The number of aromatic nitrogens is 1. The molecule has 9 N–H and O–H groups in total. The van der Waals surface area contributed by atoms with E-state index in [-0.39, 0.29) is 44.3 Å². The number of hydrogen-bond donors (Lipinski definition) is 7. The monoisotopic (exact) mass is 696 g/mol. The van der Waals surface area contributed by atoms with Gasteiger partial charge in [0.05, 0.1) is 0 Å². The van der Waals surface area contributed by atoms with Gasteiger partial charge in [-0.3, -0.25) is 19.4 Å². The van der Waals surface area contributed by atoms with Crippen molar-refractivity contribution >= 4 is 40.7 Å². The lowest BCUT2D eigenvalue weighted by molar-refractivity contribution is -0.133. The maximum Gasteiger partial charge on any atom is 0.408 e. The lowest BCUT2D eigenvalue weighted by Crippen LogP contribution is -2.59. The first-order valence-corrected chi connectivity index (χ1v) is 16.9. The SMILES string of the molecule is CC(C)(C)NC(=O)[C@H](Cc1ccccc1)NC(=O)[C@H](Cc1c[nH]c2ccccc12)NC(=O)[C@H](CCCN=C(N)N)NC(=O)OCc1ccccc1. The zero-order valence-electron chi connectivity index (χ0n) is 29.3. The minimum Gasteiger partial charge on any atom is -0.445 e. The third kappa shape index (κ3) is 12.5. The molecule has 13 heteroatoms. The molecule has 3 atom stereocenters. The van der Waals surface area contributed by atoms with Crippen LogP contribution >= 0.6 is 0 Å². The van der Waals surface area contributed by atoms with E-state index in [2.05, 4.69) is 31.2 Å². The molecule has 4 rings (SSSR count). The van der Waals surface area contributed by atoms with E-state index in [0.717, 1.165) is 27.6 Å². The molecular weight excluding hydrogens is 648 g/mol. The fourth-order valence-electron chi connectivity index (χ4n) is 5.47. The summed E-state index contributed by atoms with van der Waals surface area (Å²) in [5, 5.41) is 12.2. The van der Waals surface area contributed by atoms with Crippen LogP contribution in [0, 0.1) is 0 Å². The van der Waals surface area contributed by atoms with Crippen LogP contribution < -0.4 is 32.7 Å². The van der Waals surface area contributed by atoms with Gasteiger partial charge in [-0.05, 0) is 56.4 Å². The number of amides is 4. The van der Waals surface area contributed by atoms with Crippen LogP contribution in [-0.2, 0) is 38.6 Å². The van der Waals surface area contributed by atoms with E-state index in [0.29, 0.717) is 6.42 Å². The zero-order chi connectivity index (χ0) is 36.8. The summed E-state index contributed by atoms with van der Waals surface area (Å²) in [4.78, 5) is 61.7. The average molecular weight is 697 g/mol. The maximum atomic E-state index is 14.2. The molecule has 0 fully saturated rings. The Morgan fingerprint density at radius 1 is 0.745 bits per heavy atom. The van der Waals surface area contributed by atoms with Crippen molar-refractivity contribution in [2.45, 2.75) is 76.7 Å². The third-order valence-corrected chi connectivity index (χ3v) is 7.91. The summed E-state index contributed by atoms with van der Waals surface area (Å²) >= 11 is 0. The zero-order valence-corrected chi connectivity index (χ0v) is 29.3. The molecular formula is C38H48N8O5. The molecule has 0 saturated heterocycles. The van der Waals surface area contributed by atoms with Crippen molar-refractivity contribution in [1.29, 1.82) is 0 Å². The van der Waals surface area contributed by atoms with Crippen molar-refractivity contribution < 1.29 is 23.9 Å². The van der Waals surface area contributed by atoms with Crippen molar-refractivity contribution in [2.75, 3.05) is 6.54 Å². The van der Waals surface area contributed by atoms with Crippen LogP contribution in [0.2, 0.25) is 0 Å². The highest BCUT2D eigenvalue weighted by atomic mass is 16.5. The molecule has 0 aliphatic heterocycles. The minimum atomic E-state index is -1.13. The summed E-state index contributed by atoms with van der Waals surface area (Å²) in [6, 6.07) is 22.9. The molecule has 13 nitrogen and oxygen atoms in total. The fourth-order valence-corrected chi connectivity index (χ4v) is 5.47. The van der Waals surface area contributed by atoms with Gasteiger partial charge in [0.2, 0.25) is 17.7 Å². The van der Waals surface area contributed by atoms with E-state index in [1.54, 1.807) is 6.20 Å². The predicted octanol–water partition coefficient (Wildman–Crippen LogP) is 3.19. The smallest absolute Gasteiger partial charge is 0.408 e. The van der Waals surface area contributed by atoms with Gasteiger partial charge in [-0.25, -0.2) is 4.79 Å². The lowest BCUT2D eigenvalue weighted by atomic mass is 10.0. The molecule has 3 aromatic carbocycles. The number of alkyl carbamates (subject to hydrolysis) is 1. The lowest BCUT2D eigenvalue weighted by Gasteiger charge is -2.28. The number of nitrogens with zero attached hydrogens (tertiary/aromatic N) is 1. The molecule has 4 amide bonds. The molecule has 0 spiro atoms. The van der Waals surface area contributed by atoms with E-state index >= 15 is 0 Å². The van der Waals surface area contributed by atoms with Gasteiger partial charge < -0.3 is 42.5 Å². The van der Waals surface area contributed by atoms with Gasteiger partial charge in [-0.15, -0.1) is 0 Å². The summed E-state index contributed by atoms with van der Waals surface area (Å²) in [7, 11) is 0. The second-order valence-electron chi connectivity index (χ2n) is 13.3. The number of ether oxygens (including phenoxy) is 1. The molecule has 1 aromatic heterocycles. The van der Waals surface area contributed by atoms with Crippen LogP contribution in [-0.4, -0.2) is 65.0 Å². The number of nitrogens with one attached hydrogen (secondary N) is 5. The van der Waals surface area contributed by atoms with Gasteiger partial charge >= 0.3 is 6.09 Å². The molecule has 0 aliphatic rings. The van der Waals surface area contributed by atoms with Crippen molar-refractivity contribution in [1.82, 2.24) is 26.3 Å². The van der Waals surface area contributed by atoms with Gasteiger partial charge in [0.15, 0.2) is 5.96 Å². The Balaban J connectivity index is 1.58. The Kier molecular flexibility index (Phi) is 13.6. The number of aromatic amines is 1. The number of para-hydroxylation sites is 1. The summed E-state index contributed by atoms with van der Waals surface area (Å²) in [6.45, 7) is 5.79. The second-order valence-corrected chi connectivity index (χ2v) is 13.3. The summed E-state index contributed by atoms with van der Waals surface area (Å²) in [6.07, 6.45) is 1.80. The van der Waals surface area contributed by atoms with Crippen LogP contribution in [0.4, 0.5) is 4.79 Å². The second kappa shape index (κ2) is 18.2. The Bertz CT molecular complexity index is 1780. The summed E-state index contributed by atoms with van der Waals surface area (Å²) < 4.78 is 5.39. The first-order valence-electron chi connectivity index (χ1n) is 16.9. The highest BCUT2D eigenvalue weighted by Crippen LogP contribution is 2.20. The number of guanidine groups is 1. The largest absolute Gasteiger partial charge is 0.445 e. The number of fused-ring (bicyclic) bond motifs is 1. The van der Waals surface area contributed by atoms with E-state index in [1.807, 2.05) is 106 Å². The summed E-state index contributed by atoms with van der Waals surface area (Å²) in [5.41, 5.74) is 13.7. The molecule has 0 saturated carbocycles. The number of benzene rings is 3. The first-order chi connectivity index (χ1) is 24.4. The average Bonchev–Trinajstić information content (AvgIpc) is 3.50. The van der Waals surface area contributed by atoms with Crippen LogP contribution in [0.3, 0.4) is 0 Å². The number of nitrogens with two attached hydrogens (primary N) is 2. The van der Waals surface area contributed by atoms with Crippen molar-refractivity contribution in [3.8, 4) is 0 Å². The molecule has 0 bridgehead atoms. The molecule has 0 unspecified atom stereocenters. The van der Waals surface area contributed by atoms with E-state index in [1.165, 1.54) is 0 Å². The van der Waals surface area contributed by atoms with Crippen molar-refractivity contribution in [2.24, 2.45) is 16.5 Å². The van der Waals surface area contributed by atoms with Crippen molar-refractivity contribution in [3.05, 3.63) is 108 Å². The highest BCUT2D eigenvalue weighted by Gasteiger charge is 2.31. The van der Waals surface area contributed by atoms with E-state index in [4.69, 9.17) is 16.2 Å². The molecule has 4 aromatic rings. The minimum absolute atomic E-state index is 0.0000397. The molecule has 0 radical (unpaired) electrons. The summed E-state index contributed by atoms with van der Waals surface area (Å²) in [5.74, 6) is -1.64. The van der Waals surface area contributed by atoms with Crippen molar-refractivity contribution in [3.63, 3.8) is 0 Å². The van der Waals surface area contributed by atoms with Gasteiger partial charge in [-0.1, -0.05) is 78.9 Å². The Morgan fingerprint density at radius 2 is 1.33 bits per heavy atom. The quantitative estimate of drug-likeness (QED) is 0.0529. The van der Waals surface area contributed by atoms with E-state index in [9.17, 15) is 19.2 Å². The number of carbonyl (C=O) groups excluding carboxylic acids is 4. The maximum absolute atomic E-state index is 14.2. The number of rotatable bonds is 16. The van der Waals surface area contributed by atoms with Gasteiger partial charge in [0.25, 0.3) is 0 Å². The molecule has 270 valence electrons. The van der Waals surface area contributed by atoms with E-state index < -0.39 is 41.6 Å². The molecule has 0 aliphatic carbocycles. The Hall–Kier alpha value is -5.85. The number of hydrogen-bond acceptors (Lipinski definition) is 6. The fraction of sp³-hybridized carbons (Fsp3) is 0.342. The topological polar surface area (TPSA) is 206 Å². The van der Waals surface area contributed by atoms with Gasteiger partial charge in [0, 0.05) is 42.0 Å². The van der Waals surface area contributed by atoms with Gasteiger partial charge in [0.1, 0.15) is 24.7 Å². The van der Waals surface area contributed by atoms with Crippen LogP contribution in [0.25, 0.3) is 10.9 Å². The molecule has 51 heavy (non-hydrogen) atoms. The normalized spacial score (nSPS) is 12.9. The highest BCUT2D eigenvalue weighted by molar-refractivity contribution is 5.95. The Morgan fingerprint density at radius 3 is 1.98 bits per heavy atom. The molecule has 1 heterocycles. The number of H-pyrrole nitrogens is 1. The standard InChI is InChI=1S/C38H48N8O5/c1-38(2,3)46-35(49)31(21-25-13-6-4-7-14-25)43-34(48)32(22-27-23-42-29-18-11-10-17-28(27)29)44-33(47)30(19-12-20-41-36(39)40)45-37(50)51-24-26-15-8-5-9-16-26/h4-11,13-18,23,30-32,42H,12,19-22,24H2,1-3H3,(H,43,48)(H,44,47)(H,45,50)(H,46,49)(H4,39,40,41)/t30-,31-,32-/m0/s1. The van der Waals surface area contributed by atoms with Crippen LogP contribution in [0.15, 0.2) is 96.1 Å². The van der Waals surface area contributed by atoms with Gasteiger partial charge in [-0.2, -0.15) is 0 Å². The number of aliphatic imine (C=N–C) groups is 1. The first kappa shape index (κ1) is 38.0. The number of carbonyl (C=O) groups is 4. The third-order valence-electron chi connectivity index (χ3n) is 7.91. The Labute approximate surface area is 298 Å². The predicted molar refractivity (Wildman–Crippen MR) is 197 cm³/mol. The van der Waals surface area contributed by atoms with Crippen LogP contribution in [0.5, 0.6) is 0 Å².